The molecule has 0 saturated carbocycles. The highest BCUT2D eigenvalue weighted by molar-refractivity contribution is 5.69. The van der Waals surface area contributed by atoms with Crippen molar-refractivity contribution in [2.75, 3.05) is 33.0 Å². The summed E-state index contributed by atoms with van der Waals surface area (Å²) in [6, 6.07) is 0. The molecule has 11 unspecified atom stereocenters. The maximum absolute atomic E-state index is 13.1. The van der Waals surface area contributed by atoms with Gasteiger partial charge in [-0.3, -0.25) is 4.79 Å². The van der Waals surface area contributed by atoms with E-state index in [2.05, 4.69) is 135 Å². The third-order valence-corrected chi connectivity index (χ3v) is 13.0. The quantitative estimate of drug-likeness (QED) is 0.0172. The average molecular weight is 1080 g/mol. The van der Waals surface area contributed by atoms with Crippen LogP contribution in [0, 0.1) is 0 Å². The van der Waals surface area contributed by atoms with Crippen LogP contribution in [0.4, 0.5) is 0 Å². The molecule has 0 spiro atoms. The molecule has 2 aliphatic heterocycles. The lowest BCUT2D eigenvalue weighted by Gasteiger charge is -2.42. The molecule has 438 valence electrons. The molecule has 2 saturated heterocycles. The van der Waals surface area contributed by atoms with Crippen LogP contribution < -0.4 is 0 Å². The lowest BCUT2D eigenvalue weighted by atomic mass is 9.98. The molecular weight excluding hydrogens is 981 g/mol. The molecule has 0 aromatic carbocycles. The first kappa shape index (κ1) is 69.5. The standard InChI is InChI=1S/C63H102O14/c1-3-5-7-9-11-13-15-17-19-21-23-24-25-26-27-29-31-33-35-37-39-41-43-45-47-72-49-52(75-55(65)46-44-42-40-38-36-34-32-30-28-22-20-18-16-14-12-10-8-6-4-2)50-73-62-61(71)59(69)57(67)54(77-62)51-74-63-60(70)58(68)56(66)53(48-64)76-63/h5-8,11-14,17-20,23-24,26-28,30,34,36,52-54,56-64,66-71H,3-4,9-10,15-16,21-22,25,29,31-33,35,37-51H2,1-2H3/b7-5-,8-6-,13-11-,14-12-,19-17-,20-18-,24-23-,27-26-,30-28-,36-34-. The second kappa shape index (κ2) is 48.3. The Hall–Kier alpha value is -3.61. The minimum atomic E-state index is -1.72. The fraction of sp³-hybridized carbons (Fsp3) is 0.667. The summed E-state index contributed by atoms with van der Waals surface area (Å²) in [5.74, 6) is -0.415. The molecule has 2 aliphatic rings. The third kappa shape index (κ3) is 34.9. The normalized spacial score (nSPS) is 25.2. The molecule has 0 aliphatic carbocycles. The first-order valence-electron chi connectivity index (χ1n) is 29.1. The maximum atomic E-state index is 13.1. The van der Waals surface area contributed by atoms with Crippen molar-refractivity contribution in [2.45, 2.75) is 235 Å². The summed E-state index contributed by atoms with van der Waals surface area (Å²) in [6.45, 7) is 3.37. The Morgan fingerprint density at radius 2 is 0.805 bits per heavy atom. The number of aliphatic hydroxyl groups excluding tert-OH is 7. The molecule has 14 nitrogen and oxygen atoms in total. The SMILES string of the molecule is CC/C=C\C/C=C\C/C=C\C/C=C\C/C=C\CCCCCCCCCCOCC(COC1OC(COC2OC(CO)C(O)C(O)C2O)C(O)C(O)C1O)OC(=O)CCCCC/C=C\C/C=C\C/C=C\C/C=C\C/C=C\CC. The van der Waals surface area contributed by atoms with E-state index in [1.807, 2.05) is 0 Å². The molecule has 0 amide bonds. The molecule has 0 bridgehead atoms. The van der Waals surface area contributed by atoms with Crippen LogP contribution in [-0.4, -0.2) is 142 Å². The predicted octanol–water partition coefficient (Wildman–Crippen LogP) is 10.5. The Morgan fingerprint density at radius 1 is 0.429 bits per heavy atom. The Labute approximate surface area is 463 Å². The highest BCUT2D eigenvalue weighted by atomic mass is 16.7. The molecule has 14 heteroatoms. The van der Waals surface area contributed by atoms with Crippen LogP contribution in [0.3, 0.4) is 0 Å². The number of esters is 1. The number of carbonyl (C=O) groups is 1. The Balaban J connectivity index is 1.74. The van der Waals surface area contributed by atoms with Gasteiger partial charge in [-0.2, -0.15) is 0 Å². The average Bonchev–Trinajstić information content (AvgIpc) is 3.43. The summed E-state index contributed by atoms with van der Waals surface area (Å²) in [4.78, 5) is 13.1. The van der Waals surface area contributed by atoms with Crippen molar-refractivity contribution in [3.05, 3.63) is 122 Å². The third-order valence-electron chi connectivity index (χ3n) is 13.0. The first-order chi connectivity index (χ1) is 37.6. The van der Waals surface area contributed by atoms with Gasteiger partial charge in [-0.1, -0.05) is 180 Å². The summed E-state index contributed by atoms with van der Waals surface area (Å²) in [5, 5.41) is 72.4. The smallest absolute Gasteiger partial charge is 0.306 e. The highest BCUT2D eigenvalue weighted by Gasteiger charge is 2.47. The van der Waals surface area contributed by atoms with Crippen LogP contribution in [0.2, 0.25) is 0 Å². The van der Waals surface area contributed by atoms with Crippen LogP contribution >= 0.6 is 0 Å². The van der Waals surface area contributed by atoms with E-state index in [0.717, 1.165) is 116 Å². The minimum absolute atomic E-state index is 0.0331. The number of hydrogen-bond donors (Lipinski definition) is 7. The Morgan fingerprint density at radius 3 is 1.26 bits per heavy atom. The second-order valence-electron chi connectivity index (χ2n) is 19.7. The van der Waals surface area contributed by atoms with E-state index >= 15 is 0 Å². The molecule has 7 N–H and O–H groups in total. The number of hydrogen-bond acceptors (Lipinski definition) is 14. The van der Waals surface area contributed by atoms with Gasteiger partial charge in [-0.25, -0.2) is 0 Å². The van der Waals surface area contributed by atoms with Gasteiger partial charge in [-0.05, 0) is 103 Å². The fourth-order valence-corrected chi connectivity index (χ4v) is 8.34. The Kier molecular flexibility index (Phi) is 43.6. The lowest BCUT2D eigenvalue weighted by molar-refractivity contribution is -0.332. The van der Waals surface area contributed by atoms with Crippen molar-refractivity contribution in [2.24, 2.45) is 0 Å². The lowest BCUT2D eigenvalue weighted by Crippen LogP contribution is -2.61. The van der Waals surface area contributed by atoms with Crippen molar-refractivity contribution in [3.8, 4) is 0 Å². The van der Waals surface area contributed by atoms with E-state index in [4.69, 9.17) is 28.4 Å². The summed E-state index contributed by atoms with van der Waals surface area (Å²) >= 11 is 0. The molecule has 0 aromatic heterocycles. The fourth-order valence-electron chi connectivity index (χ4n) is 8.34. The number of ether oxygens (including phenoxy) is 6. The monoisotopic (exact) mass is 1080 g/mol. The van der Waals surface area contributed by atoms with Crippen LogP contribution in [0.15, 0.2) is 122 Å². The van der Waals surface area contributed by atoms with E-state index in [0.29, 0.717) is 13.0 Å². The molecular formula is C63H102O14. The van der Waals surface area contributed by atoms with Gasteiger partial charge in [0.25, 0.3) is 0 Å². The van der Waals surface area contributed by atoms with Crippen molar-refractivity contribution < 1.29 is 69.0 Å². The minimum Gasteiger partial charge on any atom is -0.457 e. The van der Waals surface area contributed by atoms with Gasteiger partial charge in [0.2, 0.25) is 0 Å². The second-order valence-corrected chi connectivity index (χ2v) is 19.7. The van der Waals surface area contributed by atoms with Gasteiger partial charge < -0.3 is 64.2 Å². The number of carbonyl (C=O) groups excluding carboxylic acids is 1. The van der Waals surface area contributed by atoms with Crippen LogP contribution in [0.25, 0.3) is 0 Å². The van der Waals surface area contributed by atoms with Crippen molar-refractivity contribution in [3.63, 3.8) is 0 Å². The van der Waals surface area contributed by atoms with Crippen molar-refractivity contribution in [1.29, 1.82) is 0 Å². The molecule has 2 rings (SSSR count). The first-order valence-corrected chi connectivity index (χ1v) is 29.1. The van der Waals surface area contributed by atoms with Gasteiger partial charge >= 0.3 is 5.97 Å². The van der Waals surface area contributed by atoms with E-state index in [1.54, 1.807) is 0 Å². The topological polar surface area (TPSA) is 214 Å². The van der Waals surface area contributed by atoms with Crippen LogP contribution in [-0.2, 0) is 33.2 Å². The van der Waals surface area contributed by atoms with Crippen LogP contribution in [0.5, 0.6) is 0 Å². The van der Waals surface area contributed by atoms with Gasteiger partial charge in [0.15, 0.2) is 12.6 Å². The molecule has 0 aromatic rings. The molecule has 0 radical (unpaired) electrons. The molecule has 2 heterocycles. The largest absolute Gasteiger partial charge is 0.457 e. The molecule has 2 fully saturated rings. The van der Waals surface area contributed by atoms with Gasteiger partial charge in [0, 0.05) is 13.0 Å². The van der Waals surface area contributed by atoms with E-state index in [9.17, 15) is 40.5 Å². The summed E-state index contributed by atoms with van der Waals surface area (Å²) in [7, 11) is 0. The van der Waals surface area contributed by atoms with E-state index in [-0.39, 0.29) is 19.6 Å². The summed E-state index contributed by atoms with van der Waals surface area (Å²) < 4.78 is 34.3. The van der Waals surface area contributed by atoms with Gasteiger partial charge in [-0.15, -0.1) is 0 Å². The molecule has 11 atom stereocenters. The number of allylic oxidation sites excluding steroid dienone is 20. The number of rotatable bonds is 45. The van der Waals surface area contributed by atoms with Gasteiger partial charge in [0.1, 0.15) is 54.9 Å². The summed E-state index contributed by atoms with van der Waals surface area (Å²) in [5.41, 5.74) is 0. The van der Waals surface area contributed by atoms with E-state index in [1.165, 1.54) is 25.7 Å². The predicted molar refractivity (Wildman–Crippen MR) is 307 cm³/mol. The molecule has 77 heavy (non-hydrogen) atoms. The highest BCUT2D eigenvalue weighted by Crippen LogP contribution is 2.26. The summed E-state index contributed by atoms with van der Waals surface area (Å²) in [6.07, 6.45) is 51.1. The maximum Gasteiger partial charge on any atom is 0.306 e. The zero-order valence-corrected chi connectivity index (χ0v) is 46.9. The van der Waals surface area contributed by atoms with E-state index < -0.39 is 86.7 Å². The van der Waals surface area contributed by atoms with Crippen LogP contribution in [0.1, 0.15) is 168 Å². The van der Waals surface area contributed by atoms with Crippen molar-refractivity contribution >= 4 is 5.97 Å². The Bertz CT molecular complexity index is 1730. The van der Waals surface area contributed by atoms with Crippen molar-refractivity contribution in [1.82, 2.24) is 0 Å². The zero-order chi connectivity index (χ0) is 55.8. The number of unbranched alkanes of at least 4 members (excludes halogenated alkanes) is 11. The zero-order valence-electron chi connectivity index (χ0n) is 46.9. The van der Waals surface area contributed by atoms with Gasteiger partial charge in [0.05, 0.1) is 26.4 Å². The number of aliphatic hydroxyl groups is 7.